The second-order valence-electron chi connectivity index (χ2n) is 4.51. The lowest BCUT2D eigenvalue weighted by molar-refractivity contribution is 0.0969. The Morgan fingerprint density at radius 2 is 2.05 bits per heavy atom. The van der Waals surface area contributed by atoms with E-state index in [2.05, 4.69) is 20.9 Å². The van der Waals surface area contributed by atoms with Crippen LogP contribution in [0, 0.1) is 5.82 Å². The molecule has 6 heteroatoms. The fourth-order valence-electron chi connectivity index (χ4n) is 2.12. The van der Waals surface area contributed by atoms with Crippen molar-refractivity contribution < 1.29 is 9.18 Å². The molecule has 0 saturated heterocycles. The highest BCUT2D eigenvalue weighted by Crippen LogP contribution is 2.28. The average Bonchev–Trinajstić information content (AvgIpc) is 2.88. The summed E-state index contributed by atoms with van der Waals surface area (Å²) in [4.78, 5) is 16.5. The number of imidazole rings is 1. The minimum absolute atomic E-state index is 0.00932. The van der Waals surface area contributed by atoms with E-state index >= 15 is 0 Å². The van der Waals surface area contributed by atoms with Gasteiger partial charge in [-0.25, -0.2) is 9.37 Å². The molecule has 21 heavy (non-hydrogen) atoms. The highest BCUT2D eigenvalue weighted by molar-refractivity contribution is 9.10. The van der Waals surface area contributed by atoms with Crippen molar-refractivity contribution in [3.8, 4) is 0 Å². The molecule has 106 valence electrons. The van der Waals surface area contributed by atoms with Gasteiger partial charge in [0.25, 0.3) is 0 Å². The summed E-state index contributed by atoms with van der Waals surface area (Å²) < 4.78 is 16.2. The van der Waals surface area contributed by atoms with E-state index < -0.39 is 5.82 Å². The minimum atomic E-state index is -0.708. The summed E-state index contributed by atoms with van der Waals surface area (Å²) in [6, 6.07) is 10.4. The molecule has 0 atom stereocenters. The van der Waals surface area contributed by atoms with Gasteiger partial charge in [-0.05, 0) is 40.2 Å². The lowest BCUT2D eigenvalue weighted by Crippen LogP contribution is -2.11. The SMILES string of the molecule is O=C(Cn1cnc2ccccc21)c1ccc(Br)c(Cl)c1F. The third-order valence-corrected chi connectivity index (χ3v) is 4.44. The summed E-state index contributed by atoms with van der Waals surface area (Å²) in [5, 5.41) is -0.0867. The van der Waals surface area contributed by atoms with Crippen molar-refractivity contribution in [2.45, 2.75) is 6.54 Å². The second kappa shape index (κ2) is 5.58. The Kier molecular flexibility index (Phi) is 3.78. The Balaban J connectivity index is 1.95. The van der Waals surface area contributed by atoms with Crippen molar-refractivity contribution in [1.82, 2.24) is 9.55 Å². The van der Waals surface area contributed by atoms with Crippen molar-refractivity contribution in [1.29, 1.82) is 0 Å². The fourth-order valence-corrected chi connectivity index (χ4v) is 2.59. The first-order valence-electron chi connectivity index (χ1n) is 6.14. The van der Waals surface area contributed by atoms with Crippen LogP contribution in [0.4, 0.5) is 4.39 Å². The Labute approximate surface area is 133 Å². The Morgan fingerprint density at radius 3 is 2.86 bits per heavy atom. The number of carbonyl (C=O) groups excluding carboxylic acids is 1. The number of aromatic nitrogens is 2. The van der Waals surface area contributed by atoms with Crippen molar-refractivity contribution in [2.75, 3.05) is 0 Å². The van der Waals surface area contributed by atoms with Crippen molar-refractivity contribution in [3.63, 3.8) is 0 Å². The average molecular weight is 368 g/mol. The molecule has 0 aliphatic rings. The number of hydrogen-bond donors (Lipinski definition) is 0. The monoisotopic (exact) mass is 366 g/mol. The number of carbonyl (C=O) groups is 1. The van der Waals surface area contributed by atoms with Gasteiger partial charge >= 0.3 is 0 Å². The molecule has 3 nitrogen and oxygen atoms in total. The van der Waals surface area contributed by atoms with Crippen LogP contribution in [0.3, 0.4) is 0 Å². The highest BCUT2D eigenvalue weighted by Gasteiger charge is 2.17. The van der Waals surface area contributed by atoms with Gasteiger partial charge in [-0.2, -0.15) is 0 Å². The molecule has 1 aromatic heterocycles. The molecular weight excluding hydrogens is 359 g/mol. The van der Waals surface area contributed by atoms with Crippen LogP contribution in [0.25, 0.3) is 11.0 Å². The van der Waals surface area contributed by atoms with Crippen LogP contribution in [-0.2, 0) is 6.54 Å². The van der Waals surface area contributed by atoms with Crippen LogP contribution in [0.5, 0.6) is 0 Å². The van der Waals surface area contributed by atoms with E-state index in [0.29, 0.717) is 4.47 Å². The van der Waals surface area contributed by atoms with Gasteiger partial charge in [0.2, 0.25) is 0 Å². The topological polar surface area (TPSA) is 34.9 Å². The van der Waals surface area contributed by atoms with Gasteiger partial charge in [-0.3, -0.25) is 4.79 Å². The zero-order valence-electron chi connectivity index (χ0n) is 10.7. The summed E-state index contributed by atoms with van der Waals surface area (Å²) in [5.41, 5.74) is 1.59. The number of benzene rings is 2. The van der Waals surface area contributed by atoms with Gasteiger partial charge in [0, 0.05) is 4.47 Å². The molecule has 0 fully saturated rings. The summed E-state index contributed by atoms with van der Waals surface area (Å²) in [7, 11) is 0. The van der Waals surface area contributed by atoms with Crippen LogP contribution >= 0.6 is 27.5 Å². The lowest BCUT2D eigenvalue weighted by Gasteiger charge is -2.07. The Bertz CT molecular complexity index is 847. The molecule has 0 radical (unpaired) electrons. The van der Waals surface area contributed by atoms with Gasteiger partial charge < -0.3 is 4.57 Å². The zero-order chi connectivity index (χ0) is 15.0. The number of para-hydroxylation sites is 2. The maximum atomic E-state index is 14.0. The molecule has 0 aliphatic carbocycles. The molecule has 0 bridgehead atoms. The molecule has 0 N–H and O–H groups in total. The molecule has 0 aliphatic heterocycles. The molecule has 2 aromatic carbocycles. The maximum absolute atomic E-state index is 14.0. The predicted molar refractivity (Wildman–Crippen MR) is 83.2 cm³/mol. The molecule has 0 unspecified atom stereocenters. The number of rotatable bonds is 3. The first-order chi connectivity index (χ1) is 10.1. The van der Waals surface area contributed by atoms with E-state index in [1.807, 2.05) is 24.3 Å². The Hall–Kier alpha value is -1.72. The molecule has 3 rings (SSSR count). The van der Waals surface area contributed by atoms with E-state index in [9.17, 15) is 9.18 Å². The zero-order valence-corrected chi connectivity index (χ0v) is 13.0. The molecule has 3 aromatic rings. The maximum Gasteiger partial charge on any atom is 0.185 e. The van der Waals surface area contributed by atoms with E-state index in [1.54, 1.807) is 17.0 Å². The van der Waals surface area contributed by atoms with Gasteiger partial charge in [0.1, 0.15) is 0 Å². The van der Waals surface area contributed by atoms with E-state index in [1.165, 1.54) is 6.07 Å². The van der Waals surface area contributed by atoms with Gasteiger partial charge in [-0.1, -0.05) is 23.7 Å². The summed E-state index contributed by atoms with van der Waals surface area (Å²) in [6.45, 7) is 0.00932. The highest BCUT2D eigenvalue weighted by atomic mass is 79.9. The molecular formula is C15H9BrClFN2O. The van der Waals surface area contributed by atoms with E-state index in [0.717, 1.165) is 11.0 Å². The molecule has 0 amide bonds. The number of hydrogen-bond acceptors (Lipinski definition) is 2. The Morgan fingerprint density at radius 1 is 1.29 bits per heavy atom. The number of Topliss-reactive ketones (excluding diaryl/α,β-unsaturated/α-hetero) is 1. The standard InChI is InChI=1S/C15H9BrClFN2O/c16-10-6-5-9(15(18)14(10)17)13(21)7-20-8-19-11-3-1-2-4-12(11)20/h1-6,8H,7H2. The third kappa shape index (κ3) is 2.59. The van der Waals surface area contributed by atoms with Crippen LogP contribution in [-0.4, -0.2) is 15.3 Å². The van der Waals surface area contributed by atoms with Crippen LogP contribution in [0.15, 0.2) is 47.2 Å². The predicted octanol–water partition coefficient (Wildman–Crippen LogP) is 4.47. The van der Waals surface area contributed by atoms with Crippen LogP contribution in [0.1, 0.15) is 10.4 Å². The fraction of sp³-hybridized carbons (Fsp3) is 0.0667. The number of ketones is 1. The number of nitrogens with zero attached hydrogens (tertiary/aromatic N) is 2. The van der Waals surface area contributed by atoms with Crippen LogP contribution < -0.4 is 0 Å². The first kappa shape index (κ1) is 14.2. The summed E-state index contributed by atoms with van der Waals surface area (Å²) in [5.74, 6) is -1.06. The number of fused-ring (bicyclic) bond motifs is 1. The van der Waals surface area contributed by atoms with E-state index in [-0.39, 0.29) is 22.9 Å². The lowest BCUT2D eigenvalue weighted by atomic mass is 10.1. The van der Waals surface area contributed by atoms with Gasteiger partial charge in [0.15, 0.2) is 11.6 Å². The van der Waals surface area contributed by atoms with Crippen molar-refractivity contribution in [2.24, 2.45) is 0 Å². The number of halogens is 3. The smallest absolute Gasteiger partial charge is 0.185 e. The largest absolute Gasteiger partial charge is 0.323 e. The molecule has 1 heterocycles. The summed E-state index contributed by atoms with van der Waals surface area (Å²) in [6.07, 6.45) is 1.57. The normalized spacial score (nSPS) is 11.0. The second-order valence-corrected chi connectivity index (χ2v) is 5.74. The minimum Gasteiger partial charge on any atom is -0.323 e. The van der Waals surface area contributed by atoms with Gasteiger partial charge in [0.05, 0.1) is 34.5 Å². The van der Waals surface area contributed by atoms with Crippen molar-refractivity contribution in [3.05, 3.63) is 63.6 Å². The quantitative estimate of drug-likeness (QED) is 0.505. The third-order valence-electron chi connectivity index (χ3n) is 3.18. The first-order valence-corrected chi connectivity index (χ1v) is 7.31. The molecule has 0 spiro atoms. The van der Waals surface area contributed by atoms with Crippen LogP contribution in [0.2, 0.25) is 5.02 Å². The summed E-state index contributed by atoms with van der Waals surface area (Å²) >= 11 is 8.93. The van der Waals surface area contributed by atoms with Gasteiger partial charge in [-0.15, -0.1) is 0 Å². The molecule has 0 saturated carbocycles. The van der Waals surface area contributed by atoms with E-state index in [4.69, 9.17) is 11.6 Å². The van der Waals surface area contributed by atoms with Crippen molar-refractivity contribution >= 4 is 44.3 Å².